The Kier molecular flexibility index (Phi) is 3.41. The fourth-order valence-corrected chi connectivity index (χ4v) is 2.48. The molecule has 0 radical (unpaired) electrons. The monoisotopic (exact) mass is 239 g/mol. The first-order chi connectivity index (χ1) is 7.34. The Morgan fingerprint density at radius 2 is 2.12 bits per heavy atom. The maximum atomic E-state index is 6.25. The van der Waals surface area contributed by atoms with Gasteiger partial charge in [0.15, 0.2) is 0 Å². The lowest BCUT2D eigenvalue weighted by molar-refractivity contribution is 0.264. The molecule has 1 atom stereocenters. The van der Waals surface area contributed by atoms with Gasteiger partial charge in [0.2, 0.25) is 0 Å². The van der Waals surface area contributed by atoms with E-state index >= 15 is 0 Å². The molecule has 2 nitrogen and oxygen atoms in total. The van der Waals surface area contributed by atoms with Crippen LogP contribution >= 0.6 is 12.4 Å². The minimum atomic E-state index is 0. The van der Waals surface area contributed by atoms with Crippen molar-refractivity contribution < 1.29 is 4.74 Å². The molecule has 0 bridgehead atoms. The van der Waals surface area contributed by atoms with Gasteiger partial charge >= 0.3 is 0 Å². The average Bonchev–Trinajstić information content (AvgIpc) is 2.61. The van der Waals surface area contributed by atoms with Crippen LogP contribution in [0, 0.1) is 5.92 Å². The lowest BCUT2D eigenvalue weighted by Gasteiger charge is -2.31. The zero-order valence-corrected chi connectivity index (χ0v) is 10.1. The highest BCUT2D eigenvalue weighted by atomic mass is 35.5. The predicted octanol–water partition coefficient (Wildman–Crippen LogP) is 2.84. The Bertz CT molecular complexity index is 376. The molecule has 3 rings (SSSR count). The first-order valence-corrected chi connectivity index (χ1v) is 5.86. The Labute approximate surface area is 103 Å². The molecule has 88 valence electrons. The van der Waals surface area contributed by atoms with Crippen LogP contribution in [0.4, 0.5) is 0 Å². The number of halogens is 1. The molecule has 1 aliphatic carbocycles. The molecule has 1 aromatic carbocycles. The summed E-state index contributed by atoms with van der Waals surface area (Å²) < 4.78 is 5.49. The molecule has 0 amide bonds. The van der Waals surface area contributed by atoms with Crippen molar-refractivity contribution in [2.45, 2.75) is 31.7 Å². The lowest BCUT2D eigenvalue weighted by Crippen LogP contribution is -2.26. The third kappa shape index (κ3) is 1.92. The first-order valence-electron chi connectivity index (χ1n) is 5.86. The second kappa shape index (κ2) is 4.64. The van der Waals surface area contributed by atoms with Crippen molar-refractivity contribution in [3.63, 3.8) is 0 Å². The van der Waals surface area contributed by atoms with Crippen molar-refractivity contribution >= 4 is 12.4 Å². The van der Waals surface area contributed by atoms with E-state index in [0.717, 1.165) is 18.8 Å². The molecule has 1 aliphatic heterocycles. The highest BCUT2D eigenvalue weighted by Crippen LogP contribution is 2.37. The van der Waals surface area contributed by atoms with Crippen LogP contribution in [0.5, 0.6) is 5.75 Å². The smallest absolute Gasteiger partial charge is 0.122 e. The molecule has 2 aliphatic rings. The fourth-order valence-electron chi connectivity index (χ4n) is 2.48. The van der Waals surface area contributed by atoms with Crippen LogP contribution in [-0.2, 0) is 6.42 Å². The second-order valence-electron chi connectivity index (χ2n) is 4.68. The number of fused-ring (bicyclic) bond motifs is 1. The third-order valence-electron chi connectivity index (χ3n) is 3.76. The number of rotatable bonds is 2. The van der Waals surface area contributed by atoms with Gasteiger partial charge in [0.1, 0.15) is 5.75 Å². The van der Waals surface area contributed by atoms with Crippen LogP contribution in [0.15, 0.2) is 18.2 Å². The summed E-state index contributed by atoms with van der Waals surface area (Å²) in [6, 6.07) is 6.69. The topological polar surface area (TPSA) is 35.2 Å². The summed E-state index contributed by atoms with van der Waals surface area (Å²) in [5, 5.41) is 0. The van der Waals surface area contributed by atoms with Gasteiger partial charge in [-0.2, -0.15) is 0 Å². The highest BCUT2D eigenvalue weighted by Gasteiger charge is 2.26. The number of hydrogen-bond donors (Lipinski definition) is 1. The van der Waals surface area contributed by atoms with E-state index in [-0.39, 0.29) is 18.4 Å². The average molecular weight is 240 g/mol. The summed E-state index contributed by atoms with van der Waals surface area (Å²) in [5.74, 6) is 1.77. The van der Waals surface area contributed by atoms with E-state index in [2.05, 4.69) is 18.2 Å². The molecule has 0 aromatic heterocycles. The van der Waals surface area contributed by atoms with Gasteiger partial charge in [-0.25, -0.2) is 0 Å². The van der Waals surface area contributed by atoms with Crippen LogP contribution < -0.4 is 10.5 Å². The zero-order valence-electron chi connectivity index (χ0n) is 9.32. The molecular formula is C13H18ClNO. The van der Waals surface area contributed by atoms with Gasteiger partial charge in [-0.3, -0.25) is 0 Å². The summed E-state index contributed by atoms with van der Waals surface area (Å²) in [6.45, 7) is 0.831. The van der Waals surface area contributed by atoms with E-state index in [1.807, 2.05) is 0 Å². The summed E-state index contributed by atoms with van der Waals surface area (Å²) in [7, 11) is 0. The standard InChI is InChI=1S/C13H17NO.ClH/c14-13(9-2-1-3-9)11-4-5-12-10(8-11)6-7-15-12;/h4-5,8-9,13H,1-3,6-7,14H2;1H/t13-;/m0./s1. The quantitative estimate of drug-likeness (QED) is 0.862. The SMILES string of the molecule is Cl.N[C@H](c1ccc2c(c1)CCO2)C1CCC1. The maximum Gasteiger partial charge on any atom is 0.122 e. The Balaban J connectivity index is 0.000000963. The van der Waals surface area contributed by atoms with E-state index < -0.39 is 0 Å². The normalized spacial score (nSPS) is 20.3. The van der Waals surface area contributed by atoms with Crippen molar-refractivity contribution in [1.29, 1.82) is 0 Å². The van der Waals surface area contributed by atoms with Crippen molar-refractivity contribution in [2.75, 3.05) is 6.61 Å². The minimum Gasteiger partial charge on any atom is -0.493 e. The van der Waals surface area contributed by atoms with Crippen molar-refractivity contribution in [3.8, 4) is 5.75 Å². The van der Waals surface area contributed by atoms with Gasteiger partial charge in [-0.05, 0) is 36.0 Å². The van der Waals surface area contributed by atoms with Gasteiger partial charge in [-0.15, -0.1) is 12.4 Å². The summed E-state index contributed by atoms with van der Waals surface area (Å²) in [6.07, 6.45) is 5.00. The van der Waals surface area contributed by atoms with Crippen molar-refractivity contribution in [3.05, 3.63) is 29.3 Å². The van der Waals surface area contributed by atoms with Gasteiger partial charge in [0.05, 0.1) is 6.61 Å². The number of nitrogens with two attached hydrogens (primary N) is 1. The summed E-state index contributed by atoms with van der Waals surface area (Å²) >= 11 is 0. The number of benzene rings is 1. The molecule has 1 saturated carbocycles. The van der Waals surface area contributed by atoms with E-state index in [4.69, 9.17) is 10.5 Å². The molecule has 0 unspecified atom stereocenters. The van der Waals surface area contributed by atoms with Gasteiger partial charge in [0, 0.05) is 12.5 Å². The second-order valence-corrected chi connectivity index (χ2v) is 4.68. The molecule has 1 heterocycles. The van der Waals surface area contributed by atoms with E-state index in [1.165, 1.54) is 30.4 Å². The van der Waals surface area contributed by atoms with E-state index in [9.17, 15) is 0 Å². The molecule has 16 heavy (non-hydrogen) atoms. The lowest BCUT2D eigenvalue weighted by atomic mass is 9.77. The van der Waals surface area contributed by atoms with Crippen LogP contribution in [0.2, 0.25) is 0 Å². The molecule has 2 N–H and O–H groups in total. The molecule has 1 aromatic rings. The summed E-state index contributed by atoms with van der Waals surface area (Å²) in [5.41, 5.74) is 8.88. The Morgan fingerprint density at radius 3 is 2.81 bits per heavy atom. The number of hydrogen-bond acceptors (Lipinski definition) is 2. The molecule has 0 saturated heterocycles. The van der Waals surface area contributed by atoms with Gasteiger partial charge in [0.25, 0.3) is 0 Å². The minimum absolute atomic E-state index is 0. The van der Waals surface area contributed by atoms with E-state index in [1.54, 1.807) is 0 Å². The molecule has 1 fully saturated rings. The predicted molar refractivity (Wildman–Crippen MR) is 67.2 cm³/mol. The van der Waals surface area contributed by atoms with Crippen LogP contribution in [0.3, 0.4) is 0 Å². The van der Waals surface area contributed by atoms with E-state index in [0.29, 0.717) is 5.92 Å². The molecule has 3 heteroatoms. The number of ether oxygens (including phenoxy) is 1. The van der Waals surface area contributed by atoms with Crippen LogP contribution in [-0.4, -0.2) is 6.61 Å². The van der Waals surface area contributed by atoms with Crippen molar-refractivity contribution in [1.82, 2.24) is 0 Å². The molecular weight excluding hydrogens is 222 g/mol. The van der Waals surface area contributed by atoms with Gasteiger partial charge in [-0.1, -0.05) is 18.6 Å². The van der Waals surface area contributed by atoms with Crippen LogP contribution in [0.25, 0.3) is 0 Å². The third-order valence-corrected chi connectivity index (χ3v) is 3.76. The first kappa shape index (κ1) is 11.7. The fraction of sp³-hybridized carbons (Fsp3) is 0.538. The highest BCUT2D eigenvalue weighted by molar-refractivity contribution is 5.85. The van der Waals surface area contributed by atoms with Crippen molar-refractivity contribution in [2.24, 2.45) is 11.7 Å². The zero-order chi connectivity index (χ0) is 10.3. The van der Waals surface area contributed by atoms with Crippen LogP contribution in [0.1, 0.15) is 36.4 Å². The Morgan fingerprint density at radius 1 is 1.31 bits per heavy atom. The Hall–Kier alpha value is -0.730. The molecule has 0 spiro atoms. The largest absolute Gasteiger partial charge is 0.493 e. The maximum absolute atomic E-state index is 6.25. The van der Waals surface area contributed by atoms with Gasteiger partial charge < -0.3 is 10.5 Å². The summed E-state index contributed by atoms with van der Waals surface area (Å²) in [4.78, 5) is 0.